The molecule has 1 aromatic heterocycles. The number of fused-ring (bicyclic) bond motifs is 1. The van der Waals surface area contributed by atoms with E-state index in [-0.39, 0.29) is 5.91 Å². The van der Waals surface area contributed by atoms with Crippen LogP contribution in [0, 0.1) is 0 Å². The molecule has 0 aliphatic rings. The molecule has 0 unspecified atom stereocenters. The third-order valence-electron chi connectivity index (χ3n) is 3.75. The molecule has 0 fully saturated rings. The van der Waals surface area contributed by atoms with E-state index in [1.165, 1.54) is 0 Å². The lowest BCUT2D eigenvalue weighted by atomic mass is 10.0. The van der Waals surface area contributed by atoms with Crippen LogP contribution in [0.15, 0.2) is 60.8 Å². The maximum Gasteiger partial charge on any atom is 0.252 e. The van der Waals surface area contributed by atoms with Crippen LogP contribution in [0.25, 0.3) is 10.9 Å². The number of H-pyrrole nitrogens is 1. The lowest BCUT2D eigenvalue weighted by molar-refractivity contribution is -0.119. The van der Waals surface area contributed by atoms with E-state index < -0.39 is 11.9 Å². The average Bonchev–Trinajstić information content (AvgIpc) is 3.02. The molecule has 3 rings (SSSR count). The molecule has 2 aromatic carbocycles. The Balaban J connectivity index is 1.76. The predicted octanol–water partition coefficient (Wildman–Crippen LogP) is 1.99. The van der Waals surface area contributed by atoms with Crippen LogP contribution in [0.1, 0.15) is 15.9 Å². The van der Waals surface area contributed by atoms with E-state index >= 15 is 0 Å². The van der Waals surface area contributed by atoms with Crippen LogP contribution in [0.3, 0.4) is 0 Å². The van der Waals surface area contributed by atoms with Gasteiger partial charge in [-0.1, -0.05) is 36.4 Å². The van der Waals surface area contributed by atoms with Crippen molar-refractivity contribution >= 4 is 22.7 Å². The summed E-state index contributed by atoms with van der Waals surface area (Å²) in [6, 6.07) is 16.0. The molecule has 23 heavy (non-hydrogen) atoms. The number of carbonyl (C=O) groups is 2. The Morgan fingerprint density at radius 2 is 1.87 bits per heavy atom. The largest absolute Gasteiger partial charge is 0.368 e. The zero-order chi connectivity index (χ0) is 16.2. The van der Waals surface area contributed by atoms with Crippen LogP contribution in [0.2, 0.25) is 0 Å². The number of nitrogens with two attached hydrogens (primary N) is 1. The highest BCUT2D eigenvalue weighted by Gasteiger charge is 2.19. The van der Waals surface area contributed by atoms with Crippen molar-refractivity contribution in [2.75, 3.05) is 0 Å². The van der Waals surface area contributed by atoms with E-state index in [2.05, 4.69) is 10.3 Å². The highest BCUT2D eigenvalue weighted by Crippen LogP contribution is 2.14. The van der Waals surface area contributed by atoms with Crippen LogP contribution < -0.4 is 11.1 Å². The molecule has 0 saturated carbocycles. The molecule has 0 spiro atoms. The Morgan fingerprint density at radius 3 is 2.61 bits per heavy atom. The van der Waals surface area contributed by atoms with Crippen molar-refractivity contribution in [3.8, 4) is 0 Å². The Morgan fingerprint density at radius 1 is 1.09 bits per heavy atom. The minimum atomic E-state index is -0.746. The van der Waals surface area contributed by atoms with Gasteiger partial charge in [0.15, 0.2) is 0 Å². The summed E-state index contributed by atoms with van der Waals surface area (Å²) >= 11 is 0. The summed E-state index contributed by atoms with van der Waals surface area (Å²) in [4.78, 5) is 27.1. The van der Waals surface area contributed by atoms with Crippen LogP contribution in [-0.2, 0) is 11.2 Å². The minimum Gasteiger partial charge on any atom is -0.368 e. The Bertz CT molecular complexity index is 840. The number of rotatable bonds is 5. The first-order valence-corrected chi connectivity index (χ1v) is 7.35. The van der Waals surface area contributed by atoms with E-state index in [9.17, 15) is 9.59 Å². The maximum absolute atomic E-state index is 12.4. The zero-order valence-corrected chi connectivity index (χ0v) is 12.5. The molecule has 3 aromatic rings. The van der Waals surface area contributed by atoms with E-state index in [0.29, 0.717) is 12.0 Å². The fourth-order valence-corrected chi connectivity index (χ4v) is 2.50. The number of amides is 2. The smallest absolute Gasteiger partial charge is 0.252 e. The first-order valence-electron chi connectivity index (χ1n) is 7.35. The number of nitrogens with one attached hydrogen (secondary N) is 2. The molecule has 0 aliphatic heterocycles. The van der Waals surface area contributed by atoms with Crippen molar-refractivity contribution in [1.82, 2.24) is 10.3 Å². The summed E-state index contributed by atoms with van der Waals surface area (Å²) in [5.41, 5.74) is 7.72. The van der Waals surface area contributed by atoms with Crippen molar-refractivity contribution in [1.29, 1.82) is 0 Å². The molecule has 116 valence electrons. The first-order chi connectivity index (χ1) is 11.1. The van der Waals surface area contributed by atoms with Gasteiger partial charge in [-0.25, -0.2) is 0 Å². The van der Waals surface area contributed by atoms with E-state index in [4.69, 9.17) is 5.73 Å². The van der Waals surface area contributed by atoms with E-state index in [1.807, 2.05) is 48.7 Å². The number of benzene rings is 2. The average molecular weight is 307 g/mol. The van der Waals surface area contributed by atoms with Crippen molar-refractivity contribution < 1.29 is 9.59 Å². The molecular weight excluding hydrogens is 290 g/mol. The summed E-state index contributed by atoms with van der Waals surface area (Å²) in [5, 5.41) is 3.74. The summed E-state index contributed by atoms with van der Waals surface area (Å²) in [6.45, 7) is 0. The lowest BCUT2D eigenvalue weighted by Gasteiger charge is -2.15. The molecular formula is C18H17N3O2. The Labute approximate surface area is 133 Å². The molecule has 5 nitrogen and oxygen atoms in total. The zero-order valence-electron chi connectivity index (χ0n) is 12.5. The fourth-order valence-electron chi connectivity index (χ4n) is 2.50. The first kappa shape index (κ1) is 14.8. The number of hydrogen-bond donors (Lipinski definition) is 3. The molecule has 0 aliphatic carbocycles. The molecule has 5 heteroatoms. The highest BCUT2D eigenvalue weighted by atomic mass is 16.2. The third kappa shape index (κ3) is 3.40. The summed E-state index contributed by atoms with van der Waals surface area (Å²) in [7, 11) is 0. The van der Waals surface area contributed by atoms with Gasteiger partial charge < -0.3 is 16.0 Å². The summed E-state index contributed by atoms with van der Waals surface area (Å²) in [6.07, 6.45) is 2.18. The van der Waals surface area contributed by atoms with Crippen LogP contribution in [0.4, 0.5) is 0 Å². The van der Waals surface area contributed by atoms with Crippen molar-refractivity contribution in [2.45, 2.75) is 12.5 Å². The van der Waals surface area contributed by atoms with Gasteiger partial charge in [0, 0.05) is 23.7 Å². The third-order valence-corrected chi connectivity index (χ3v) is 3.75. The van der Waals surface area contributed by atoms with Gasteiger partial charge in [-0.15, -0.1) is 0 Å². The maximum atomic E-state index is 12.4. The van der Waals surface area contributed by atoms with Crippen molar-refractivity contribution in [3.05, 3.63) is 71.9 Å². The number of aromatic amines is 1. The second-order valence-corrected chi connectivity index (χ2v) is 5.40. The van der Waals surface area contributed by atoms with Gasteiger partial charge >= 0.3 is 0 Å². The molecule has 1 heterocycles. The molecule has 0 saturated heterocycles. The number of hydrogen-bond acceptors (Lipinski definition) is 2. The standard InChI is InChI=1S/C18H17N3O2/c19-17(22)16(10-12-4-2-1-3-5-12)21-18(23)14-7-6-13-8-9-20-15(13)11-14/h1-9,11,16,20H,10H2,(H2,19,22)(H,21,23)/t16-/m1/s1. The number of primary amides is 1. The van der Waals surface area contributed by atoms with E-state index in [1.54, 1.807) is 12.1 Å². The normalized spacial score (nSPS) is 12.0. The van der Waals surface area contributed by atoms with Crippen LogP contribution in [-0.4, -0.2) is 22.8 Å². The molecule has 4 N–H and O–H groups in total. The van der Waals surface area contributed by atoms with Crippen LogP contribution >= 0.6 is 0 Å². The monoisotopic (exact) mass is 307 g/mol. The topological polar surface area (TPSA) is 88.0 Å². The van der Waals surface area contributed by atoms with Crippen LogP contribution in [0.5, 0.6) is 0 Å². The predicted molar refractivity (Wildman–Crippen MR) is 88.9 cm³/mol. The molecule has 0 bridgehead atoms. The van der Waals surface area contributed by atoms with Gasteiger partial charge in [-0.2, -0.15) is 0 Å². The van der Waals surface area contributed by atoms with Gasteiger partial charge in [0.1, 0.15) is 6.04 Å². The Kier molecular flexibility index (Phi) is 4.10. The van der Waals surface area contributed by atoms with E-state index in [0.717, 1.165) is 16.5 Å². The quantitative estimate of drug-likeness (QED) is 0.673. The van der Waals surface area contributed by atoms with Gasteiger partial charge in [0.05, 0.1) is 0 Å². The SMILES string of the molecule is NC(=O)[C@@H](Cc1ccccc1)NC(=O)c1ccc2cc[nH]c2c1. The number of carbonyl (C=O) groups excluding carboxylic acids is 2. The molecule has 0 radical (unpaired) electrons. The Hall–Kier alpha value is -3.08. The van der Waals surface area contributed by atoms with Gasteiger partial charge in [0.25, 0.3) is 5.91 Å². The van der Waals surface area contributed by atoms with Gasteiger partial charge in [-0.3, -0.25) is 9.59 Å². The number of aromatic nitrogens is 1. The summed E-state index contributed by atoms with van der Waals surface area (Å²) in [5.74, 6) is -0.871. The lowest BCUT2D eigenvalue weighted by Crippen LogP contribution is -2.45. The molecule has 2 amide bonds. The van der Waals surface area contributed by atoms with Gasteiger partial charge in [0.2, 0.25) is 5.91 Å². The van der Waals surface area contributed by atoms with Crippen molar-refractivity contribution in [3.63, 3.8) is 0 Å². The van der Waals surface area contributed by atoms with Crippen molar-refractivity contribution in [2.24, 2.45) is 5.73 Å². The fraction of sp³-hybridized carbons (Fsp3) is 0.111. The minimum absolute atomic E-state index is 0.318. The highest BCUT2D eigenvalue weighted by molar-refractivity contribution is 6.00. The second kappa shape index (κ2) is 6.36. The van der Waals surface area contributed by atoms with Gasteiger partial charge in [-0.05, 0) is 29.1 Å². The second-order valence-electron chi connectivity index (χ2n) is 5.40. The summed E-state index contributed by atoms with van der Waals surface area (Å²) < 4.78 is 0. The molecule has 1 atom stereocenters.